The van der Waals surface area contributed by atoms with Crippen LogP contribution in [0.25, 0.3) is 11.3 Å². The molecule has 2 heterocycles. The molecule has 1 aromatic heterocycles. The van der Waals surface area contributed by atoms with Gasteiger partial charge in [0.2, 0.25) is 6.79 Å². The monoisotopic (exact) mass is 354 g/mol. The summed E-state index contributed by atoms with van der Waals surface area (Å²) < 4.78 is 16.5. The van der Waals surface area contributed by atoms with Gasteiger partial charge in [0.25, 0.3) is 0 Å². The molecule has 0 saturated carbocycles. The normalized spacial score (nSPS) is 12.0. The highest BCUT2D eigenvalue weighted by atomic mass is 35.5. The van der Waals surface area contributed by atoms with Crippen LogP contribution in [0.5, 0.6) is 17.2 Å². The minimum Gasteiger partial charge on any atom is -0.489 e. The average molecular weight is 355 g/mol. The van der Waals surface area contributed by atoms with E-state index >= 15 is 0 Å². The molecule has 0 spiro atoms. The first-order valence-corrected chi connectivity index (χ1v) is 7.74. The van der Waals surface area contributed by atoms with Crippen molar-refractivity contribution in [3.8, 4) is 34.6 Å². The molecule has 1 aliphatic rings. The molecule has 4 rings (SSSR count). The molecule has 7 nitrogen and oxygen atoms in total. The zero-order valence-corrected chi connectivity index (χ0v) is 13.6. The third-order valence-corrected chi connectivity index (χ3v) is 4.05. The Labute approximate surface area is 147 Å². The number of nitriles is 1. The highest BCUT2D eigenvalue weighted by Gasteiger charge is 2.17. The van der Waals surface area contributed by atoms with Gasteiger partial charge in [-0.25, -0.2) is 0 Å². The topological polar surface area (TPSA) is 93.1 Å². The van der Waals surface area contributed by atoms with E-state index in [-0.39, 0.29) is 19.1 Å². The summed E-state index contributed by atoms with van der Waals surface area (Å²) in [5.74, 6) is 1.90. The first-order chi connectivity index (χ1) is 12.2. The zero-order valence-electron chi connectivity index (χ0n) is 12.8. The SMILES string of the molecule is N#Cc1n[nH]nc1-c1cccc(OCc2cc3c(cc2Cl)OCO3)c1. The van der Waals surface area contributed by atoms with E-state index in [4.69, 9.17) is 31.1 Å². The van der Waals surface area contributed by atoms with Gasteiger partial charge in [-0.3, -0.25) is 0 Å². The number of hydrogen-bond donors (Lipinski definition) is 1. The van der Waals surface area contributed by atoms with E-state index in [0.717, 1.165) is 11.1 Å². The number of aromatic nitrogens is 3. The summed E-state index contributed by atoms with van der Waals surface area (Å²) >= 11 is 6.25. The molecule has 0 saturated heterocycles. The van der Waals surface area contributed by atoms with Crippen LogP contribution in [0.3, 0.4) is 0 Å². The number of aromatic amines is 1. The number of benzene rings is 2. The number of halogens is 1. The van der Waals surface area contributed by atoms with Crippen LogP contribution in [-0.2, 0) is 6.61 Å². The van der Waals surface area contributed by atoms with Gasteiger partial charge in [0.05, 0.1) is 5.02 Å². The lowest BCUT2D eigenvalue weighted by Gasteiger charge is -2.09. The number of nitrogens with one attached hydrogen (secondary N) is 1. The maximum absolute atomic E-state index is 9.06. The smallest absolute Gasteiger partial charge is 0.231 e. The van der Waals surface area contributed by atoms with E-state index in [9.17, 15) is 0 Å². The summed E-state index contributed by atoms with van der Waals surface area (Å²) in [6.07, 6.45) is 0. The van der Waals surface area contributed by atoms with Crippen molar-refractivity contribution in [2.24, 2.45) is 0 Å². The highest BCUT2D eigenvalue weighted by Crippen LogP contribution is 2.37. The summed E-state index contributed by atoms with van der Waals surface area (Å²) in [6, 6.07) is 12.8. The van der Waals surface area contributed by atoms with Crippen LogP contribution in [-0.4, -0.2) is 22.2 Å². The number of H-pyrrole nitrogens is 1. The lowest BCUT2D eigenvalue weighted by molar-refractivity contribution is 0.174. The molecule has 0 aliphatic carbocycles. The zero-order chi connectivity index (χ0) is 17.2. The first kappa shape index (κ1) is 15.3. The van der Waals surface area contributed by atoms with Crippen molar-refractivity contribution in [1.29, 1.82) is 5.26 Å². The third-order valence-electron chi connectivity index (χ3n) is 3.70. The molecule has 0 unspecified atom stereocenters. The lowest BCUT2D eigenvalue weighted by atomic mass is 10.1. The van der Waals surface area contributed by atoms with Crippen LogP contribution in [0, 0.1) is 11.3 Å². The standard InChI is InChI=1S/C17H11ClN4O3/c18-13-6-16-15(24-9-25-16)5-11(13)8-23-12-3-1-2-10(4-12)17-14(7-19)20-22-21-17/h1-6H,8-9H2,(H,20,21,22). The second-order valence-corrected chi connectivity index (χ2v) is 5.65. The molecule has 124 valence electrons. The Morgan fingerprint density at radius 1 is 1.20 bits per heavy atom. The van der Waals surface area contributed by atoms with E-state index < -0.39 is 0 Å². The number of hydrogen-bond acceptors (Lipinski definition) is 6. The van der Waals surface area contributed by atoms with Crippen molar-refractivity contribution in [3.63, 3.8) is 0 Å². The Morgan fingerprint density at radius 2 is 2.04 bits per heavy atom. The van der Waals surface area contributed by atoms with Crippen LogP contribution >= 0.6 is 11.6 Å². The van der Waals surface area contributed by atoms with Gasteiger partial charge in [-0.2, -0.15) is 15.6 Å². The predicted octanol–water partition coefficient (Wildman–Crippen LogP) is 3.30. The van der Waals surface area contributed by atoms with Gasteiger partial charge in [-0.1, -0.05) is 23.7 Å². The van der Waals surface area contributed by atoms with Crippen molar-refractivity contribution >= 4 is 11.6 Å². The summed E-state index contributed by atoms with van der Waals surface area (Å²) in [5.41, 5.74) is 2.24. The average Bonchev–Trinajstić information content (AvgIpc) is 3.28. The van der Waals surface area contributed by atoms with Crippen molar-refractivity contribution in [1.82, 2.24) is 15.4 Å². The van der Waals surface area contributed by atoms with Crippen molar-refractivity contribution in [2.45, 2.75) is 6.61 Å². The maximum atomic E-state index is 9.06. The first-order valence-electron chi connectivity index (χ1n) is 7.37. The van der Waals surface area contributed by atoms with Crippen LogP contribution in [0.4, 0.5) is 0 Å². The van der Waals surface area contributed by atoms with Gasteiger partial charge in [-0.05, 0) is 18.2 Å². The Morgan fingerprint density at radius 3 is 2.88 bits per heavy atom. The molecule has 0 atom stereocenters. The van der Waals surface area contributed by atoms with E-state index in [1.807, 2.05) is 24.3 Å². The Balaban J connectivity index is 1.55. The molecule has 3 aromatic rings. The summed E-state index contributed by atoms with van der Waals surface area (Å²) in [6.45, 7) is 0.458. The Kier molecular flexibility index (Phi) is 3.88. The lowest BCUT2D eigenvalue weighted by Crippen LogP contribution is -1.97. The van der Waals surface area contributed by atoms with Gasteiger partial charge in [0, 0.05) is 17.2 Å². The van der Waals surface area contributed by atoms with E-state index in [0.29, 0.717) is 28.0 Å². The third kappa shape index (κ3) is 2.95. The molecule has 0 fully saturated rings. The van der Waals surface area contributed by atoms with E-state index in [1.165, 1.54) is 0 Å². The molecule has 0 bridgehead atoms. The molecule has 25 heavy (non-hydrogen) atoms. The molecular formula is C17H11ClN4O3. The number of nitrogens with zero attached hydrogens (tertiary/aromatic N) is 3. The van der Waals surface area contributed by atoms with Crippen molar-refractivity contribution in [2.75, 3.05) is 6.79 Å². The summed E-state index contributed by atoms with van der Waals surface area (Å²) in [4.78, 5) is 0. The van der Waals surface area contributed by atoms with Crippen LogP contribution < -0.4 is 14.2 Å². The number of ether oxygens (including phenoxy) is 3. The largest absolute Gasteiger partial charge is 0.489 e. The van der Waals surface area contributed by atoms with Gasteiger partial charge in [-0.15, -0.1) is 5.10 Å². The van der Waals surface area contributed by atoms with Crippen LogP contribution in [0.15, 0.2) is 36.4 Å². The molecular weight excluding hydrogens is 344 g/mol. The maximum Gasteiger partial charge on any atom is 0.231 e. The van der Waals surface area contributed by atoms with E-state index in [2.05, 4.69) is 15.4 Å². The highest BCUT2D eigenvalue weighted by molar-refractivity contribution is 6.31. The summed E-state index contributed by atoms with van der Waals surface area (Å²) in [7, 11) is 0. The Bertz CT molecular complexity index is 980. The van der Waals surface area contributed by atoms with Gasteiger partial charge in [0.15, 0.2) is 17.2 Å². The molecule has 1 aliphatic heterocycles. The minimum absolute atomic E-state index is 0.191. The quantitative estimate of drug-likeness (QED) is 0.772. The summed E-state index contributed by atoms with van der Waals surface area (Å²) in [5, 5.41) is 19.9. The van der Waals surface area contributed by atoms with Crippen molar-refractivity contribution < 1.29 is 14.2 Å². The second-order valence-electron chi connectivity index (χ2n) is 5.25. The predicted molar refractivity (Wildman–Crippen MR) is 88.4 cm³/mol. The fraction of sp³-hybridized carbons (Fsp3) is 0.118. The number of fused-ring (bicyclic) bond motifs is 1. The van der Waals surface area contributed by atoms with Crippen LogP contribution in [0.1, 0.15) is 11.3 Å². The molecule has 0 amide bonds. The molecule has 0 radical (unpaired) electrons. The minimum atomic E-state index is 0.191. The molecule has 1 N–H and O–H groups in total. The van der Waals surface area contributed by atoms with Gasteiger partial charge < -0.3 is 14.2 Å². The van der Waals surface area contributed by atoms with E-state index in [1.54, 1.807) is 18.2 Å². The second kappa shape index (κ2) is 6.34. The van der Waals surface area contributed by atoms with Crippen molar-refractivity contribution in [3.05, 3.63) is 52.7 Å². The fourth-order valence-electron chi connectivity index (χ4n) is 2.47. The van der Waals surface area contributed by atoms with Gasteiger partial charge >= 0.3 is 0 Å². The van der Waals surface area contributed by atoms with Crippen LogP contribution in [0.2, 0.25) is 5.02 Å². The van der Waals surface area contributed by atoms with Gasteiger partial charge in [0.1, 0.15) is 24.1 Å². The fourth-order valence-corrected chi connectivity index (χ4v) is 2.68. The Hall–Kier alpha value is -3.24. The molecule has 8 heteroatoms. The molecule has 2 aromatic carbocycles. The number of rotatable bonds is 4.